The molecule has 0 atom stereocenters. The molecule has 0 aromatic heterocycles. The number of carbonyl (C=O) groups excluding carboxylic acids is 1. The number of hydrogen-bond acceptors (Lipinski definition) is 4. The van der Waals surface area contributed by atoms with Crippen molar-refractivity contribution >= 4 is 12.0 Å². The molecule has 0 aliphatic heterocycles. The highest BCUT2D eigenvalue weighted by molar-refractivity contribution is 5.74. The topological polar surface area (TPSA) is 62.0 Å². The fourth-order valence-electron chi connectivity index (χ4n) is 1.47. The summed E-state index contributed by atoms with van der Waals surface area (Å²) in [7, 11) is 0. The lowest BCUT2D eigenvalue weighted by atomic mass is 10.0. The van der Waals surface area contributed by atoms with Crippen LogP contribution in [0.5, 0.6) is 5.75 Å². The Bertz CT molecular complexity index is 499. The zero-order valence-corrected chi connectivity index (χ0v) is 9.21. The Morgan fingerprint density at radius 2 is 1.82 bits per heavy atom. The van der Waals surface area contributed by atoms with Crippen molar-refractivity contribution in [2.45, 2.75) is 12.8 Å². The minimum Gasteiger partial charge on any atom is -0.508 e. The molecule has 0 fully saturated rings. The van der Waals surface area contributed by atoms with Gasteiger partial charge < -0.3 is 5.11 Å². The van der Waals surface area contributed by atoms with Crippen LogP contribution < -0.4 is 0 Å². The van der Waals surface area contributed by atoms with Gasteiger partial charge in [-0.3, -0.25) is 4.79 Å². The van der Waals surface area contributed by atoms with Crippen LogP contribution >= 0.6 is 0 Å². The van der Waals surface area contributed by atoms with E-state index in [1.807, 2.05) is 0 Å². The van der Waals surface area contributed by atoms with E-state index in [9.17, 15) is 4.79 Å². The second-order valence-electron chi connectivity index (χ2n) is 3.73. The number of rotatable bonds is 3. The van der Waals surface area contributed by atoms with Crippen molar-refractivity contribution in [2.24, 2.45) is 10.2 Å². The molecule has 86 valence electrons. The molecule has 4 nitrogen and oxygen atoms in total. The van der Waals surface area contributed by atoms with Crippen LogP contribution in [0.2, 0.25) is 0 Å². The fraction of sp³-hybridized carbons (Fsp3) is 0.154. The molecule has 1 aromatic carbocycles. The molecule has 0 radical (unpaired) electrons. The van der Waals surface area contributed by atoms with Gasteiger partial charge >= 0.3 is 0 Å². The van der Waals surface area contributed by atoms with Crippen molar-refractivity contribution in [2.75, 3.05) is 0 Å². The summed E-state index contributed by atoms with van der Waals surface area (Å²) in [6.07, 6.45) is 5.87. The highest BCUT2D eigenvalue weighted by Crippen LogP contribution is 2.21. The van der Waals surface area contributed by atoms with Crippen molar-refractivity contribution in [3.05, 3.63) is 47.7 Å². The number of hydrogen-bond donors (Lipinski definition) is 1. The number of aromatic hydroxyl groups is 1. The molecule has 4 heteroatoms. The number of phenolic OH excluding ortho intramolecular Hbond substituents is 1. The van der Waals surface area contributed by atoms with Gasteiger partial charge in [0, 0.05) is 0 Å². The average molecular weight is 228 g/mol. The highest BCUT2D eigenvalue weighted by Gasteiger charge is 2.04. The number of nitrogens with zero attached hydrogens (tertiary/aromatic N) is 2. The van der Waals surface area contributed by atoms with Crippen molar-refractivity contribution < 1.29 is 9.90 Å². The minimum absolute atomic E-state index is 0.208. The first-order chi connectivity index (χ1) is 8.28. The lowest BCUT2D eigenvalue weighted by molar-refractivity contribution is -0.105. The van der Waals surface area contributed by atoms with Crippen molar-refractivity contribution in [3.63, 3.8) is 0 Å². The van der Waals surface area contributed by atoms with E-state index < -0.39 is 0 Å². The molecule has 1 aliphatic rings. The summed E-state index contributed by atoms with van der Waals surface area (Å²) in [6, 6.07) is 6.51. The van der Waals surface area contributed by atoms with Gasteiger partial charge in [0.2, 0.25) is 0 Å². The summed E-state index contributed by atoms with van der Waals surface area (Å²) in [6.45, 7) is 0. The maximum absolute atomic E-state index is 10.5. The lowest BCUT2D eigenvalue weighted by Crippen LogP contribution is -1.92. The van der Waals surface area contributed by atoms with Crippen molar-refractivity contribution in [1.29, 1.82) is 0 Å². The van der Waals surface area contributed by atoms with E-state index in [-0.39, 0.29) is 5.75 Å². The predicted molar refractivity (Wildman–Crippen MR) is 64.1 cm³/mol. The first-order valence-corrected chi connectivity index (χ1v) is 5.33. The van der Waals surface area contributed by atoms with Gasteiger partial charge in [0.25, 0.3) is 0 Å². The smallest absolute Gasteiger partial charge is 0.146 e. The van der Waals surface area contributed by atoms with E-state index in [1.54, 1.807) is 36.4 Å². The third-order valence-electron chi connectivity index (χ3n) is 2.45. The van der Waals surface area contributed by atoms with Gasteiger partial charge in [0.05, 0.1) is 11.4 Å². The summed E-state index contributed by atoms with van der Waals surface area (Å²) in [4.78, 5) is 10.5. The second kappa shape index (κ2) is 5.21. The molecule has 17 heavy (non-hydrogen) atoms. The minimum atomic E-state index is 0.208. The molecule has 0 bridgehead atoms. The van der Waals surface area contributed by atoms with E-state index in [4.69, 9.17) is 5.11 Å². The number of benzene rings is 1. The summed E-state index contributed by atoms with van der Waals surface area (Å²) in [5, 5.41) is 17.3. The first kappa shape index (κ1) is 11.3. The first-order valence-electron chi connectivity index (χ1n) is 5.33. The molecule has 0 heterocycles. The third kappa shape index (κ3) is 3.11. The predicted octanol–water partition coefficient (Wildman–Crippen LogP) is 3.28. The van der Waals surface area contributed by atoms with Crippen LogP contribution in [0, 0.1) is 0 Å². The Hall–Kier alpha value is -2.23. The summed E-state index contributed by atoms with van der Waals surface area (Å²) < 4.78 is 0. The van der Waals surface area contributed by atoms with Crippen LogP contribution in [-0.2, 0) is 4.79 Å². The zero-order valence-electron chi connectivity index (χ0n) is 9.21. The van der Waals surface area contributed by atoms with Gasteiger partial charge in [-0.05, 0) is 48.8 Å². The zero-order chi connectivity index (χ0) is 12.1. The number of carbonyl (C=O) groups is 1. The largest absolute Gasteiger partial charge is 0.508 e. The van der Waals surface area contributed by atoms with Crippen molar-refractivity contribution in [1.82, 2.24) is 0 Å². The SMILES string of the molecule is O=CC1=CC=C(N=Nc2ccc(O)cc2)CC1. The van der Waals surface area contributed by atoms with Crippen molar-refractivity contribution in [3.8, 4) is 5.75 Å². The number of aldehydes is 1. The van der Waals surface area contributed by atoms with Gasteiger partial charge in [-0.25, -0.2) is 0 Å². The van der Waals surface area contributed by atoms with Crippen LogP contribution in [0.15, 0.2) is 57.9 Å². The quantitative estimate of drug-likeness (QED) is 0.637. The third-order valence-corrected chi connectivity index (χ3v) is 2.45. The van der Waals surface area contributed by atoms with E-state index in [0.717, 1.165) is 24.0 Å². The maximum Gasteiger partial charge on any atom is 0.146 e. The Morgan fingerprint density at radius 3 is 2.41 bits per heavy atom. The van der Waals surface area contributed by atoms with Crippen LogP contribution in [0.1, 0.15) is 12.8 Å². The monoisotopic (exact) mass is 228 g/mol. The Labute approximate surface area is 99.0 Å². The highest BCUT2D eigenvalue weighted by atomic mass is 16.3. The van der Waals surface area contributed by atoms with Crippen LogP contribution in [0.25, 0.3) is 0 Å². The number of allylic oxidation sites excluding steroid dienone is 4. The summed E-state index contributed by atoms with van der Waals surface area (Å²) in [5.74, 6) is 0.208. The molecule has 0 saturated carbocycles. The average Bonchev–Trinajstić information content (AvgIpc) is 2.39. The Kier molecular flexibility index (Phi) is 3.45. The van der Waals surface area contributed by atoms with E-state index in [0.29, 0.717) is 12.1 Å². The number of azo groups is 1. The second-order valence-corrected chi connectivity index (χ2v) is 3.73. The standard InChI is InChI=1S/C13H12N2O2/c16-9-10-1-3-11(4-2-10)14-15-12-5-7-13(17)8-6-12/h1,3,5-9,17H,2,4H2. The fourth-order valence-corrected chi connectivity index (χ4v) is 1.47. The number of phenols is 1. The lowest BCUT2D eigenvalue weighted by Gasteiger charge is -2.05. The molecule has 0 saturated heterocycles. The molecule has 2 rings (SSSR count). The maximum atomic E-state index is 10.5. The molecule has 0 unspecified atom stereocenters. The van der Waals surface area contributed by atoms with Crippen LogP contribution in [0.3, 0.4) is 0 Å². The van der Waals surface area contributed by atoms with Crippen LogP contribution in [-0.4, -0.2) is 11.4 Å². The Morgan fingerprint density at radius 1 is 1.06 bits per heavy atom. The summed E-state index contributed by atoms with van der Waals surface area (Å²) in [5.41, 5.74) is 2.33. The molecule has 0 spiro atoms. The normalized spacial score (nSPS) is 15.5. The van der Waals surface area contributed by atoms with E-state index in [1.165, 1.54) is 0 Å². The Balaban J connectivity index is 2.07. The molecule has 1 aliphatic carbocycles. The van der Waals surface area contributed by atoms with Gasteiger partial charge in [0.1, 0.15) is 12.0 Å². The van der Waals surface area contributed by atoms with Gasteiger partial charge in [-0.1, -0.05) is 6.08 Å². The van der Waals surface area contributed by atoms with E-state index in [2.05, 4.69) is 10.2 Å². The molecule has 1 aromatic rings. The van der Waals surface area contributed by atoms with E-state index >= 15 is 0 Å². The van der Waals surface area contributed by atoms with Gasteiger partial charge in [-0.2, -0.15) is 10.2 Å². The summed E-state index contributed by atoms with van der Waals surface area (Å²) >= 11 is 0. The molecule has 1 N–H and O–H groups in total. The van der Waals surface area contributed by atoms with Gasteiger partial charge in [-0.15, -0.1) is 0 Å². The van der Waals surface area contributed by atoms with Crippen LogP contribution in [0.4, 0.5) is 5.69 Å². The van der Waals surface area contributed by atoms with Gasteiger partial charge in [0.15, 0.2) is 0 Å². The molecule has 0 amide bonds. The molecular formula is C13H12N2O2. The molecular weight excluding hydrogens is 216 g/mol.